The number of ketones is 1. The van der Waals surface area contributed by atoms with E-state index in [4.69, 9.17) is 0 Å². The number of hydrogen-bond donors (Lipinski definition) is 1. The summed E-state index contributed by atoms with van der Waals surface area (Å²) in [5.41, 5.74) is 3.86. The van der Waals surface area contributed by atoms with E-state index in [0.717, 1.165) is 42.9 Å². The van der Waals surface area contributed by atoms with E-state index in [0.29, 0.717) is 30.8 Å². The van der Waals surface area contributed by atoms with Gasteiger partial charge >= 0.3 is 0 Å². The number of halogens is 1. The van der Waals surface area contributed by atoms with E-state index in [1.807, 2.05) is 30.9 Å². The largest absolute Gasteiger partial charge is 0.354 e. The van der Waals surface area contributed by atoms with Crippen molar-refractivity contribution < 1.29 is 14.0 Å². The molecule has 0 spiro atoms. The molecule has 0 aliphatic carbocycles. The molecular weight excluding hydrogens is 357 g/mol. The lowest BCUT2D eigenvalue weighted by Gasteiger charge is -2.22. The number of nitrogens with zero attached hydrogens (tertiary/aromatic N) is 2. The smallest absolute Gasteiger partial charge is 0.270 e. The van der Waals surface area contributed by atoms with Gasteiger partial charge in [-0.05, 0) is 49.9 Å². The molecule has 1 aromatic heterocycles. The van der Waals surface area contributed by atoms with Crippen LogP contribution in [0.5, 0.6) is 0 Å². The third-order valence-corrected chi connectivity index (χ3v) is 5.41. The van der Waals surface area contributed by atoms with E-state index >= 15 is 0 Å². The van der Waals surface area contributed by atoms with Crippen molar-refractivity contribution in [3.05, 3.63) is 58.2 Å². The molecule has 0 unspecified atom stereocenters. The third kappa shape index (κ3) is 4.33. The Morgan fingerprint density at radius 3 is 2.46 bits per heavy atom. The second-order valence-corrected chi connectivity index (χ2v) is 7.44. The SMILES string of the molecule is CCc1c(C(=O)N2CCCN(Cc3ccc(F)cc3)CC2)[nH]c(C)c1C(C)=O. The van der Waals surface area contributed by atoms with E-state index < -0.39 is 0 Å². The van der Waals surface area contributed by atoms with Crippen molar-refractivity contribution in [2.24, 2.45) is 0 Å². The summed E-state index contributed by atoms with van der Waals surface area (Å²) < 4.78 is 13.1. The van der Waals surface area contributed by atoms with Crippen molar-refractivity contribution in [1.82, 2.24) is 14.8 Å². The second-order valence-electron chi connectivity index (χ2n) is 7.44. The van der Waals surface area contributed by atoms with Crippen LogP contribution in [0.2, 0.25) is 0 Å². The van der Waals surface area contributed by atoms with Crippen molar-refractivity contribution in [2.45, 2.75) is 40.2 Å². The zero-order valence-corrected chi connectivity index (χ0v) is 16.8. The van der Waals surface area contributed by atoms with Crippen LogP contribution in [-0.2, 0) is 13.0 Å². The van der Waals surface area contributed by atoms with Gasteiger partial charge in [0.05, 0.1) is 0 Å². The van der Waals surface area contributed by atoms with E-state index in [1.54, 1.807) is 6.92 Å². The number of aromatic amines is 1. The first kappa shape index (κ1) is 20.3. The minimum atomic E-state index is -0.228. The molecule has 28 heavy (non-hydrogen) atoms. The van der Waals surface area contributed by atoms with Crippen molar-refractivity contribution in [1.29, 1.82) is 0 Å². The molecule has 1 saturated heterocycles. The summed E-state index contributed by atoms with van der Waals surface area (Å²) in [6, 6.07) is 6.58. The fraction of sp³-hybridized carbons (Fsp3) is 0.455. The Labute approximate surface area is 165 Å². The van der Waals surface area contributed by atoms with Gasteiger partial charge in [-0.2, -0.15) is 0 Å². The van der Waals surface area contributed by atoms with Crippen LogP contribution in [0.15, 0.2) is 24.3 Å². The molecule has 5 nitrogen and oxygen atoms in total. The average Bonchev–Trinajstić information content (AvgIpc) is 2.84. The average molecular weight is 385 g/mol. The highest BCUT2D eigenvalue weighted by atomic mass is 19.1. The lowest BCUT2D eigenvalue weighted by atomic mass is 10.0. The molecule has 1 fully saturated rings. The maximum atomic E-state index is 13.1. The molecule has 2 heterocycles. The summed E-state index contributed by atoms with van der Waals surface area (Å²) >= 11 is 0. The van der Waals surface area contributed by atoms with Gasteiger partial charge in [-0.25, -0.2) is 4.39 Å². The highest BCUT2D eigenvalue weighted by molar-refractivity contribution is 6.02. The van der Waals surface area contributed by atoms with Gasteiger partial charge in [-0.3, -0.25) is 14.5 Å². The topological polar surface area (TPSA) is 56.4 Å². The molecule has 0 radical (unpaired) electrons. The van der Waals surface area contributed by atoms with Crippen LogP contribution in [0, 0.1) is 12.7 Å². The van der Waals surface area contributed by atoms with Crippen LogP contribution >= 0.6 is 0 Å². The van der Waals surface area contributed by atoms with Gasteiger partial charge < -0.3 is 9.88 Å². The Hall–Kier alpha value is -2.47. The standard InChI is InChI=1S/C22H28FN3O2/c1-4-19-20(16(3)27)15(2)24-21(19)22(28)26-11-5-10-25(12-13-26)14-17-6-8-18(23)9-7-17/h6-9,24H,4-5,10-14H2,1-3H3. The first-order valence-electron chi connectivity index (χ1n) is 9.89. The molecule has 1 aromatic carbocycles. The Bertz CT molecular complexity index is 857. The zero-order chi connectivity index (χ0) is 20.3. The maximum Gasteiger partial charge on any atom is 0.270 e. The summed E-state index contributed by atoms with van der Waals surface area (Å²) in [5.74, 6) is -0.267. The summed E-state index contributed by atoms with van der Waals surface area (Å²) in [4.78, 5) is 32.4. The number of aromatic nitrogens is 1. The number of hydrogen-bond acceptors (Lipinski definition) is 3. The fourth-order valence-corrected chi connectivity index (χ4v) is 4.03. The van der Waals surface area contributed by atoms with Gasteiger partial charge in [0.2, 0.25) is 0 Å². The molecule has 2 aromatic rings. The Morgan fingerprint density at radius 2 is 1.82 bits per heavy atom. The van der Waals surface area contributed by atoms with Crippen LogP contribution < -0.4 is 0 Å². The minimum Gasteiger partial charge on any atom is -0.354 e. The molecule has 6 heteroatoms. The summed E-state index contributed by atoms with van der Waals surface area (Å²) in [6.45, 7) is 9.10. The monoisotopic (exact) mass is 385 g/mol. The molecule has 1 aliphatic rings. The number of carbonyl (C=O) groups is 2. The fourth-order valence-electron chi connectivity index (χ4n) is 4.03. The van der Waals surface area contributed by atoms with Gasteiger partial charge in [0.15, 0.2) is 5.78 Å². The van der Waals surface area contributed by atoms with Crippen molar-refractivity contribution in [2.75, 3.05) is 26.2 Å². The Kier molecular flexibility index (Phi) is 6.29. The van der Waals surface area contributed by atoms with Gasteiger partial charge in [0, 0.05) is 44.0 Å². The molecule has 1 amide bonds. The lowest BCUT2D eigenvalue weighted by molar-refractivity contribution is 0.0754. The highest BCUT2D eigenvalue weighted by Crippen LogP contribution is 2.22. The number of amides is 1. The highest BCUT2D eigenvalue weighted by Gasteiger charge is 2.26. The van der Waals surface area contributed by atoms with Crippen LogP contribution in [-0.4, -0.2) is 52.7 Å². The minimum absolute atomic E-state index is 0.00834. The van der Waals surface area contributed by atoms with Crippen LogP contribution in [0.4, 0.5) is 4.39 Å². The molecule has 150 valence electrons. The predicted molar refractivity (Wildman–Crippen MR) is 107 cm³/mol. The quantitative estimate of drug-likeness (QED) is 0.801. The van der Waals surface area contributed by atoms with Gasteiger partial charge in [-0.15, -0.1) is 0 Å². The summed E-state index contributed by atoms with van der Waals surface area (Å²) in [6.07, 6.45) is 1.53. The molecule has 1 N–H and O–H groups in total. The Balaban J connectivity index is 1.70. The zero-order valence-electron chi connectivity index (χ0n) is 16.8. The number of carbonyl (C=O) groups excluding carboxylic acids is 2. The first-order chi connectivity index (χ1) is 13.4. The normalized spacial score (nSPS) is 15.5. The van der Waals surface area contributed by atoms with Gasteiger partial charge in [0.25, 0.3) is 5.91 Å². The number of benzene rings is 1. The second kappa shape index (κ2) is 8.69. The number of nitrogens with one attached hydrogen (secondary N) is 1. The van der Waals surface area contributed by atoms with Crippen LogP contribution in [0.3, 0.4) is 0 Å². The maximum absolute atomic E-state index is 13.1. The molecule has 0 atom stereocenters. The molecule has 0 bridgehead atoms. The molecular formula is C22H28FN3O2. The Morgan fingerprint density at radius 1 is 1.11 bits per heavy atom. The van der Waals surface area contributed by atoms with Crippen molar-refractivity contribution in [3.8, 4) is 0 Å². The predicted octanol–water partition coefficient (Wildman–Crippen LogP) is 3.58. The van der Waals surface area contributed by atoms with E-state index in [-0.39, 0.29) is 17.5 Å². The van der Waals surface area contributed by atoms with Crippen molar-refractivity contribution >= 4 is 11.7 Å². The van der Waals surface area contributed by atoms with Gasteiger partial charge in [0.1, 0.15) is 11.5 Å². The lowest BCUT2D eigenvalue weighted by Crippen LogP contribution is -2.35. The number of Topliss-reactive ketones (excluding diaryl/α,β-unsaturated/α-hetero) is 1. The summed E-state index contributed by atoms with van der Waals surface area (Å²) in [7, 11) is 0. The number of aryl methyl sites for hydroxylation is 1. The molecule has 1 aliphatic heterocycles. The van der Waals surface area contributed by atoms with Crippen molar-refractivity contribution in [3.63, 3.8) is 0 Å². The van der Waals surface area contributed by atoms with E-state index in [9.17, 15) is 14.0 Å². The third-order valence-electron chi connectivity index (χ3n) is 5.41. The van der Waals surface area contributed by atoms with E-state index in [1.165, 1.54) is 12.1 Å². The van der Waals surface area contributed by atoms with Gasteiger partial charge in [-0.1, -0.05) is 19.1 Å². The number of H-pyrrole nitrogens is 1. The van der Waals surface area contributed by atoms with E-state index in [2.05, 4.69) is 9.88 Å². The van der Waals surface area contributed by atoms with Crippen LogP contribution in [0.1, 0.15) is 57.9 Å². The number of rotatable bonds is 5. The molecule has 0 saturated carbocycles. The van der Waals surface area contributed by atoms with Crippen LogP contribution in [0.25, 0.3) is 0 Å². The first-order valence-corrected chi connectivity index (χ1v) is 9.89. The summed E-state index contributed by atoms with van der Waals surface area (Å²) in [5, 5.41) is 0. The molecule has 3 rings (SSSR count).